The summed E-state index contributed by atoms with van der Waals surface area (Å²) in [6.07, 6.45) is 0. The van der Waals surface area contributed by atoms with Gasteiger partial charge in [0.2, 0.25) is 0 Å². The van der Waals surface area contributed by atoms with E-state index in [0.717, 1.165) is 22.6 Å². The smallest absolute Gasteiger partial charge is 0.127 e. The first-order chi connectivity index (χ1) is 9.24. The molecule has 0 spiro atoms. The number of rotatable bonds is 6. The van der Waals surface area contributed by atoms with Gasteiger partial charge in [0, 0.05) is 0 Å². The molecule has 0 fully saturated rings. The van der Waals surface area contributed by atoms with Crippen LogP contribution in [0, 0.1) is 0 Å². The summed E-state index contributed by atoms with van der Waals surface area (Å²) in [4.78, 5) is 0. The van der Waals surface area contributed by atoms with E-state index in [4.69, 9.17) is 9.47 Å². The van der Waals surface area contributed by atoms with Crippen LogP contribution in [0.5, 0.6) is 11.5 Å². The molecule has 2 heteroatoms. The van der Waals surface area contributed by atoms with Gasteiger partial charge in [0.05, 0.1) is 13.2 Å². The third-order valence-electron chi connectivity index (χ3n) is 2.49. The Bertz CT molecular complexity index is 532. The van der Waals surface area contributed by atoms with E-state index in [1.54, 1.807) is 0 Å². The van der Waals surface area contributed by atoms with Crippen molar-refractivity contribution >= 4 is 0 Å². The predicted molar refractivity (Wildman–Crippen MR) is 77.4 cm³/mol. The summed E-state index contributed by atoms with van der Waals surface area (Å²) in [5.74, 6) is 1.66. The standard InChI is InChI=1S/C17H18O2/c1-14(2)12-18-13-15-7-6-10-17(11-15)19-16-8-4-3-5-9-16/h3-11H,1,12-13H2,2H3. The molecule has 0 atom stereocenters. The summed E-state index contributed by atoms with van der Waals surface area (Å²) in [7, 11) is 0. The number of hydrogen-bond donors (Lipinski definition) is 0. The van der Waals surface area contributed by atoms with Crippen molar-refractivity contribution in [1.82, 2.24) is 0 Å². The Balaban J connectivity index is 1.97. The van der Waals surface area contributed by atoms with Gasteiger partial charge in [0.25, 0.3) is 0 Å². The van der Waals surface area contributed by atoms with Gasteiger partial charge in [-0.25, -0.2) is 0 Å². The van der Waals surface area contributed by atoms with Gasteiger partial charge in [-0.05, 0) is 36.8 Å². The molecule has 0 aliphatic carbocycles. The van der Waals surface area contributed by atoms with Gasteiger partial charge < -0.3 is 9.47 Å². The van der Waals surface area contributed by atoms with E-state index in [2.05, 4.69) is 6.58 Å². The van der Waals surface area contributed by atoms with E-state index in [9.17, 15) is 0 Å². The van der Waals surface area contributed by atoms with Crippen molar-refractivity contribution < 1.29 is 9.47 Å². The highest BCUT2D eigenvalue weighted by Crippen LogP contribution is 2.22. The lowest BCUT2D eigenvalue weighted by Crippen LogP contribution is -1.96. The fraction of sp³-hybridized carbons (Fsp3) is 0.176. The van der Waals surface area contributed by atoms with E-state index in [-0.39, 0.29) is 0 Å². The molecule has 0 saturated heterocycles. The fourth-order valence-corrected chi connectivity index (χ4v) is 1.67. The molecule has 0 aromatic heterocycles. The summed E-state index contributed by atoms with van der Waals surface area (Å²) in [6, 6.07) is 17.7. The lowest BCUT2D eigenvalue weighted by molar-refractivity contribution is 0.142. The van der Waals surface area contributed by atoms with Crippen molar-refractivity contribution in [2.24, 2.45) is 0 Å². The van der Waals surface area contributed by atoms with Crippen LogP contribution < -0.4 is 4.74 Å². The molecule has 98 valence electrons. The van der Waals surface area contributed by atoms with Crippen LogP contribution in [-0.4, -0.2) is 6.61 Å². The molecular weight excluding hydrogens is 236 g/mol. The molecule has 0 saturated carbocycles. The summed E-state index contributed by atoms with van der Waals surface area (Å²) in [5.41, 5.74) is 2.12. The zero-order valence-corrected chi connectivity index (χ0v) is 11.1. The normalized spacial score (nSPS) is 10.2. The Morgan fingerprint density at radius 1 is 1.00 bits per heavy atom. The van der Waals surface area contributed by atoms with Crippen molar-refractivity contribution in [1.29, 1.82) is 0 Å². The maximum Gasteiger partial charge on any atom is 0.127 e. The molecule has 2 nitrogen and oxygen atoms in total. The van der Waals surface area contributed by atoms with Crippen LogP contribution in [0.1, 0.15) is 12.5 Å². The minimum Gasteiger partial charge on any atom is -0.457 e. The minimum atomic E-state index is 0.568. The second-order valence-electron chi connectivity index (χ2n) is 4.51. The summed E-state index contributed by atoms with van der Waals surface area (Å²) < 4.78 is 11.3. The van der Waals surface area contributed by atoms with E-state index in [0.29, 0.717) is 13.2 Å². The van der Waals surface area contributed by atoms with Gasteiger partial charge in [0.1, 0.15) is 11.5 Å². The van der Waals surface area contributed by atoms with E-state index < -0.39 is 0 Å². The van der Waals surface area contributed by atoms with Crippen LogP contribution in [0.25, 0.3) is 0 Å². The Labute approximate surface area is 114 Å². The average molecular weight is 254 g/mol. The first-order valence-corrected chi connectivity index (χ1v) is 6.28. The van der Waals surface area contributed by atoms with Crippen LogP contribution in [0.3, 0.4) is 0 Å². The quantitative estimate of drug-likeness (QED) is 0.703. The Morgan fingerprint density at radius 3 is 2.47 bits per heavy atom. The Kier molecular flexibility index (Phi) is 4.76. The first-order valence-electron chi connectivity index (χ1n) is 6.28. The third-order valence-corrected chi connectivity index (χ3v) is 2.49. The average Bonchev–Trinajstić information content (AvgIpc) is 2.40. The largest absolute Gasteiger partial charge is 0.457 e. The molecule has 2 rings (SSSR count). The second-order valence-corrected chi connectivity index (χ2v) is 4.51. The zero-order valence-electron chi connectivity index (χ0n) is 11.1. The zero-order chi connectivity index (χ0) is 13.5. The van der Waals surface area contributed by atoms with Crippen molar-refractivity contribution in [2.75, 3.05) is 6.61 Å². The van der Waals surface area contributed by atoms with Gasteiger partial charge in [0.15, 0.2) is 0 Å². The third kappa shape index (κ3) is 4.60. The number of ether oxygens (including phenoxy) is 2. The van der Waals surface area contributed by atoms with Gasteiger partial charge in [-0.3, -0.25) is 0 Å². The van der Waals surface area contributed by atoms with Crippen LogP contribution in [0.15, 0.2) is 66.7 Å². The predicted octanol–water partition coefficient (Wildman–Crippen LogP) is 4.57. The molecule has 0 heterocycles. The maximum absolute atomic E-state index is 5.77. The van der Waals surface area contributed by atoms with Crippen molar-refractivity contribution in [2.45, 2.75) is 13.5 Å². The fourth-order valence-electron chi connectivity index (χ4n) is 1.67. The molecule has 0 aliphatic heterocycles. The van der Waals surface area contributed by atoms with Crippen molar-refractivity contribution in [3.63, 3.8) is 0 Å². The minimum absolute atomic E-state index is 0.568. The summed E-state index contributed by atoms with van der Waals surface area (Å²) in [6.45, 7) is 6.92. The first kappa shape index (κ1) is 13.4. The lowest BCUT2D eigenvalue weighted by atomic mass is 10.2. The number of hydrogen-bond acceptors (Lipinski definition) is 2. The number of benzene rings is 2. The summed E-state index contributed by atoms with van der Waals surface area (Å²) >= 11 is 0. The topological polar surface area (TPSA) is 18.5 Å². The highest BCUT2D eigenvalue weighted by molar-refractivity contribution is 5.33. The van der Waals surface area contributed by atoms with Crippen molar-refractivity contribution in [3.05, 3.63) is 72.3 Å². The van der Waals surface area contributed by atoms with E-state index in [1.807, 2.05) is 61.5 Å². The molecule has 0 aliphatic rings. The van der Waals surface area contributed by atoms with Crippen LogP contribution in [0.4, 0.5) is 0 Å². The monoisotopic (exact) mass is 254 g/mol. The van der Waals surface area contributed by atoms with E-state index >= 15 is 0 Å². The summed E-state index contributed by atoms with van der Waals surface area (Å²) in [5, 5.41) is 0. The molecule has 0 N–H and O–H groups in total. The van der Waals surface area contributed by atoms with Crippen LogP contribution in [0.2, 0.25) is 0 Å². The van der Waals surface area contributed by atoms with Gasteiger partial charge in [-0.1, -0.05) is 42.5 Å². The molecular formula is C17H18O2. The highest BCUT2D eigenvalue weighted by Gasteiger charge is 1.99. The molecule has 0 radical (unpaired) electrons. The molecule has 0 unspecified atom stereocenters. The van der Waals surface area contributed by atoms with E-state index in [1.165, 1.54) is 0 Å². The van der Waals surface area contributed by atoms with Crippen LogP contribution in [-0.2, 0) is 11.3 Å². The molecule has 0 bridgehead atoms. The number of para-hydroxylation sites is 1. The Hall–Kier alpha value is -2.06. The lowest BCUT2D eigenvalue weighted by Gasteiger charge is -2.08. The van der Waals surface area contributed by atoms with Crippen LogP contribution >= 0.6 is 0 Å². The SMILES string of the molecule is C=C(C)COCc1cccc(Oc2ccccc2)c1. The van der Waals surface area contributed by atoms with Gasteiger partial charge in [-0.2, -0.15) is 0 Å². The molecule has 19 heavy (non-hydrogen) atoms. The highest BCUT2D eigenvalue weighted by atomic mass is 16.5. The molecule has 2 aromatic carbocycles. The Morgan fingerprint density at radius 2 is 1.74 bits per heavy atom. The maximum atomic E-state index is 5.77. The van der Waals surface area contributed by atoms with Crippen molar-refractivity contribution in [3.8, 4) is 11.5 Å². The second kappa shape index (κ2) is 6.76. The van der Waals surface area contributed by atoms with Gasteiger partial charge >= 0.3 is 0 Å². The molecule has 2 aromatic rings. The van der Waals surface area contributed by atoms with Gasteiger partial charge in [-0.15, -0.1) is 0 Å². The molecule has 0 amide bonds.